The van der Waals surface area contributed by atoms with Crippen LogP contribution in [0.25, 0.3) is 49.8 Å². The lowest BCUT2D eigenvalue weighted by Gasteiger charge is -2.33. The third-order valence-electron chi connectivity index (χ3n) is 13.1. The number of fused-ring (bicyclic) bond motifs is 5. The fraction of sp³-hybridized carbons (Fsp3) is 0.0154. The van der Waals surface area contributed by atoms with E-state index in [-0.39, 0.29) is 0 Å². The quantitative estimate of drug-likeness (QED) is 0.107. The lowest BCUT2D eigenvalue weighted by Crippen LogP contribution is -2.15. The number of benzene rings is 10. The predicted octanol–water partition coefficient (Wildman–Crippen LogP) is 17.9. The Morgan fingerprint density at radius 3 is 1.68 bits per heavy atom. The number of para-hydroxylation sites is 4. The van der Waals surface area contributed by atoms with Crippen molar-refractivity contribution in [2.75, 3.05) is 9.80 Å². The number of nitrogens with zero attached hydrogens (tertiary/aromatic N) is 5. The number of anilines is 6. The fourth-order valence-electron chi connectivity index (χ4n) is 9.69. The van der Waals surface area contributed by atoms with Gasteiger partial charge in [-0.15, -0.1) is 0 Å². The molecule has 0 N–H and O–H groups in total. The molecule has 1 aliphatic rings. The molecular weight excluding hydrogens is 883 g/mol. The van der Waals surface area contributed by atoms with Gasteiger partial charge in [-0.2, -0.15) is 0 Å². The summed E-state index contributed by atoms with van der Waals surface area (Å²) < 4.78 is 2.26. The van der Waals surface area contributed by atoms with Crippen LogP contribution in [-0.2, 0) is 0 Å². The van der Waals surface area contributed by atoms with Crippen molar-refractivity contribution in [3.63, 3.8) is 0 Å². The molecule has 0 saturated carbocycles. The average Bonchev–Trinajstić information content (AvgIpc) is 3.77. The topological polar surface area (TPSA) is 36.1 Å². The van der Waals surface area contributed by atoms with E-state index in [1.807, 2.05) is 48.2 Å². The summed E-state index contributed by atoms with van der Waals surface area (Å²) >= 11 is 1.83. The van der Waals surface area contributed by atoms with Crippen molar-refractivity contribution < 1.29 is 0 Å². The summed E-state index contributed by atoms with van der Waals surface area (Å²) in [6.07, 6.45) is 0. The Hall–Kier alpha value is -8.97. The molecule has 12 rings (SSSR count). The number of aliphatic imine (C=N–C) groups is 2. The van der Waals surface area contributed by atoms with Gasteiger partial charge in [-0.25, -0.2) is 9.98 Å². The van der Waals surface area contributed by atoms with Crippen LogP contribution in [0.5, 0.6) is 0 Å². The number of aromatic nitrogens is 1. The van der Waals surface area contributed by atoms with E-state index in [2.05, 4.69) is 246 Å². The first-order valence-corrected chi connectivity index (χ1v) is 24.7. The Kier molecular flexibility index (Phi) is 11.5. The van der Waals surface area contributed by atoms with Crippen molar-refractivity contribution in [1.82, 2.24) is 4.57 Å². The highest BCUT2D eigenvalue weighted by molar-refractivity contribution is 7.99. The zero-order valence-corrected chi connectivity index (χ0v) is 39.9. The highest BCUT2D eigenvalue weighted by atomic mass is 32.2. The highest BCUT2D eigenvalue weighted by Gasteiger charge is 2.26. The van der Waals surface area contributed by atoms with E-state index in [1.165, 1.54) is 15.5 Å². The van der Waals surface area contributed by atoms with Gasteiger partial charge in [-0.05, 0) is 126 Å². The lowest BCUT2D eigenvalue weighted by molar-refractivity contribution is 1.16. The fourth-order valence-corrected chi connectivity index (χ4v) is 10.8. The summed E-state index contributed by atoms with van der Waals surface area (Å²) in [6, 6.07) is 90.0. The molecule has 0 saturated heterocycles. The van der Waals surface area contributed by atoms with Crippen molar-refractivity contribution in [2.45, 2.75) is 16.7 Å². The molecule has 0 amide bonds. The maximum atomic E-state index is 5.34. The van der Waals surface area contributed by atoms with Gasteiger partial charge in [-0.1, -0.05) is 182 Å². The van der Waals surface area contributed by atoms with Crippen LogP contribution >= 0.6 is 11.8 Å². The van der Waals surface area contributed by atoms with Crippen LogP contribution in [0.3, 0.4) is 0 Å². The van der Waals surface area contributed by atoms with Gasteiger partial charge in [0.2, 0.25) is 0 Å². The summed E-state index contributed by atoms with van der Waals surface area (Å²) in [5, 5.41) is 2.32. The lowest BCUT2D eigenvalue weighted by atomic mass is 10.0. The number of hydrogen-bond acceptors (Lipinski definition) is 4. The van der Waals surface area contributed by atoms with Gasteiger partial charge in [0.15, 0.2) is 5.84 Å². The molecule has 0 aliphatic carbocycles. The maximum absolute atomic E-state index is 5.34. The van der Waals surface area contributed by atoms with Crippen LogP contribution in [0.4, 0.5) is 34.1 Å². The smallest absolute Gasteiger partial charge is 0.161 e. The molecule has 0 unspecified atom stereocenters. The molecule has 0 bridgehead atoms. The zero-order valence-electron chi connectivity index (χ0n) is 39.1. The standard InChI is InChI=1S/C65H47N5S/c1-45(47-19-7-3-8-20-47)66-65(50-33-31-49(32-34-50)48-21-9-4-10-22-48)67-46(2)68-59-28-16-15-27-57(59)58-43-51(35-41-60(58)68)52-36-42-62-64(44-52)71-63-30-18-17-29-61(63)70(62)56-39-37-55(38-40-56)69(53-23-11-5-12-24-53)54-25-13-6-14-26-54/h3-44H,1H2,2H3/b66-65-,67-46+. The van der Waals surface area contributed by atoms with Crippen molar-refractivity contribution in [3.8, 4) is 22.3 Å². The Labute approximate surface area is 418 Å². The molecular formula is C65H47N5S. The molecule has 2 heterocycles. The van der Waals surface area contributed by atoms with Gasteiger partial charge in [-0.3, -0.25) is 4.57 Å². The van der Waals surface area contributed by atoms with Crippen LogP contribution in [0.2, 0.25) is 0 Å². The molecule has 338 valence electrons. The largest absolute Gasteiger partial charge is 0.311 e. The molecule has 1 aromatic heterocycles. The summed E-state index contributed by atoms with van der Waals surface area (Å²) in [5.74, 6) is 1.40. The Morgan fingerprint density at radius 2 is 0.958 bits per heavy atom. The van der Waals surface area contributed by atoms with Gasteiger partial charge < -0.3 is 9.80 Å². The minimum Gasteiger partial charge on any atom is -0.311 e. The normalized spacial score (nSPS) is 12.4. The van der Waals surface area contributed by atoms with Crippen LogP contribution in [0.15, 0.2) is 281 Å². The van der Waals surface area contributed by atoms with Gasteiger partial charge in [0.25, 0.3) is 0 Å². The van der Waals surface area contributed by atoms with E-state index in [4.69, 9.17) is 9.98 Å². The van der Waals surface area contributed by atoms with Crippen LogP contribution in [-0.4, -0.2) is 16.2 Å². The second kappa shape index (κ2) is 18.8. The van der Waals surface area contributed by atoms with Crippen LogP contribution < -0.4 is 9.80 Å². The molecule has 0 radical (unpaired) electrons. The summed E-state index contributed by atoms with van der Waals surface area (Å²) in [6.45, 7) is 6.45. The molecule has 0 spiro atoms. The number of rotatable bonds is 9. The van der Waals surface area contributed by atoms with E-state index in [0.717, 1.165) is 89.5 Å². The van der Waals surface area contributed by atoms with E-state index in [1.54, 1.807) is 0 Å². The third kappa shape index (κ3) is 8.41. The average molecular weight is 930 g/mol. The second-order valence-electron chi connectivity index (χ2n) is 17.5. The van der Waals surface area contributed by atoms with Crippen molar-refractivity contribution >= 4 is 85.1 Å². The molecule has 0 fully saturated rings. The molecule has 5 nitrogen and oxygen atoms in total. The van der Waals surface area contributed by atoms with Crippen LogP contribution in [0, 0.1) is 0 Å². The van der Waals surface area contributed by atoms with E-state index >= 15 is 0 Å². The van der Waals surface area contributed by atoms with E-state index < -0.39 is 0 Å². The first kappa shape index (κ1) is 43.3. The van der Waals surface area contributed by atoms with Crippen molar-refractivity contribution in [1.29, 1.82) is 0 Å². The second-order valence-corrected chi connectivity index (χ2v) is 18.6. The molecule has 10 aromatic carbocycles. The van der Waals surface area contributed by atoms with Gasteiger partial charge in [0, 0.05) is 48.9 Å². The minimum absolute atomic E-state index is 0.595. The first-order chi connectivity index (χ1) is 35.0. The van der Waals surface area contributed by atoms with E-state index in [0.29, 0.717) is 11.5 Å². The molecule has 71 heavy (non-hydrogen) atoms. The SMILES string of the molecule is C=C(/N=C(\N=C(/C)n1c2ccccc2c2cc(-c3ccc4c(c3)Sc3ccccc3N4c3ccc(N(c4ccccc4)c4ccccc4)cc3)ccc21)c1ccc(-c2ccccc2)cc1)c1ccccc1. The molecule has 6 heteroatoms. The summed E-state index contributed by atoms with van der Waals surface area (Å²) in [7, 11) is 0. The Bertz CT molecular complexity index is 3750. The first-order valence-electron chi connectivity index (χ1n) is 23.8. The summed E-state index contributed by atoms with van der Waals surface area (Å²) in [4.78, 5) is 17.6. The molecule has 1 aliphatic heterocycles. The Morgan fingerprint density at radius 1 is 0.423 bits per heavy atom. The van der Waals surface area contributed by atoms with Crippen molar-refractivity contribution in [3.05, 3.63) is 272 Å². The van der Waals surface area contributed by atoms with E-state index in [9.17, 15) is 0 Å². The van der Waals surface area contributed by atoms with Gasteiger partial charge in [0.1, 0.15) is 5.84 Å². The molecule has 0 atom stereocenters. The predicted molar refractivity (Wildman–Crippen MR) is 301 cm³/mol. The zero-order chi connectivity index (χ0) is 47.7. The number of amidine groups is 1. The molecule has 11 aromatic rings. The van der Waals surface area contributed by atoms with Gasteiger partial charge >= 0.3 is 0 Å². The highest BCUT2D eigenvalue weighted by Crippen LogP contribution is 2.52. The third-order valence-corrected chi connectivity index (χ3v) is 14.2. The maximum Gasteiger partial charge on any atom is 0.161 e. The van der Waals surface area contributed by atoms with Crippen molar-refractivity contribution in [2.24, 2.45) is 9.98 Å². The number of hydrogen-bond donors (Lipinski definition) is 0. The minimum atomic E-state index is 0.595. The Balaban J connectivity index is 0.906. The van der Waals surface area contributed by atoms with Crippen LogP contribution in [0.1, 0.15) is 18.1 Å². The monoisotopic (exact) mass is 929 g/mol. The summed E-state index contributed by atoms with van der Waals surface area (Å²) in [5.41, 5.74) is 16.0. The van der Waals surface area contributed by atoms with Gasteiger partial charge in [0.05, 0.1) is 28.1 Å².